The van der Waals surface area contributed by atoms with Crippen molar-refractivity contribution in [1.29, 1.82) is 0 Å². The number of hydrogen-bond donors (Lipinski definition) is 0. The Labute approximate surface area is 779 Å². The summed E-state index contributed by atoms with van der Waals surface area (Å²) in [6.07, 6.45) is 25.5. The maximum absolute atomic E-state index is 5.82. The zero-order valence-electron chi connectivity index (χ0n) is 76.1. The molecule has 8 aromatic carbocycles. The summed E-state index contributed by atoms with van der Waals surface area (Å²) in [4.78, 5) is 45.4. The van der Waals surface area contributed by atoms with Crippen LogP contribution >= 0.6 is 0 Å². The van der Waals surface area contributed by atoms with Crippen molar-refractivity contribution in [3.8, 4) is 101 Å². The first-order chi connectivity index (χ1) is 60.5. The molecule has 128 heavy (non-hydrogen) atoms. The van der Waals surface area contributed by atoms with E-state index in [9.17, 15) is 0 Å². The number of benzene rings is 8. The van der Waals surface area contributed by atoms with Gasteiger partial charge in [0.1, 0.15) is 0 Å². The zero-order chi connectivity index (χ0) is 87.7. The predicted molar refractivity (Wildman–Crippen MR) is 533 cm³/mol. The van der Waals surface area contributed by atoms with Gasteiger partial charge in [0.25, 0.3) is 0 Å². The minimum atomic E-state index is -0.246. The number of fused-ring (bicyclic) bond motifs is 16. The van der Waals surface area contributed by atoms with Gasteiger partial charge in [0.15, 0.2) is 0 Å². The van der Waals surface area contributed by atoms with E-state index in [2.05, 4.69) is 408 Å². The standard InChI is InChI=1S/C118H104N8.2Zn/c1-18-64-118(65-19-2,66-20-3)85-46-44-82(45-47-85)111-100-58-62-104(125-100)112(83-67-86(114(6,7)8)71-87(68-83)115(9,10)11)102-60-56-98(123-102)110(99-57-61-103(124-99)113(105-63-59-101(111)126-105)84-69-88(116(12,13)14)72-89(70-84)117(15,16)17)81-42-34-76(35-43-81)31-30-75-32-40-80(41-33-75)109-96-54-52-94(121-96)107(78-36-26-73(4)27-37-78)92-50-48-90(119-92)106(77-24-22-21-23-25-77)91-49-51-93(120-91)108(95-53-55-97(109)122-95)79-38-28-74(5)29-39-79;;/h18-29,32-63,67-72H,1-3,64-66H2,4-17H3;;/q-4;2*+2. The van der Waals surface area contributed by atoms with Gasteiger partial charge >= 0.3 is 39.0 Å². The number of aryl methyl sites for hydroxylation is 2. The fraction of sp³-hybridized carbons (Fsp3) is 0.186. The summed E-state index contributed by atoms with van der Waals surface area (Å²) in [6.45, 7) is 44.4. The minimum absolute atomic E-state index is 0. The zero-order valence-corrected chi connectivity index (χ0v) is 82.0. The largest absolute Gasteiger partial charge is 2.00 e. The molecule has 16 bridgehead atoms. The number of hydrogen-bond acceptors (Lipinski definition) is 4. The van der Waals surface area contributed by atoms with E-state index in [1.807, 2.05) is 24.3 Å². The van der Waals surface area contributed by atoms with Gasteiger partial charge in [0.2, 0.25) is 0 Å². The monoisotopic (exact) mass is 1760 g/mol. The maximum Gasteiger partial charge on any atom is 2.00 e. The molecular formula is C118H104N8Zn2. The van der Waals surface area contributed by atoms with Gasteiger partial charge in [-0.3, -0.25) is 0 Å². The molecule has 8 nitrogen and oxygen atoms in total. The summed E-state index contributed by atoms with van der Waals surface area (Å²) in [5, 5.41) is 0. The minimum Gasteiger partial charge on any atom is -0.657 e. The summed E-state index contributed by atoms with van der Waals surface area (Å²) in [5.74, 6) is 7.14. The Morgan fingerprint density at radius 3 is 0.688 bits per heavy atom. The van der Waals surface area contributed by atoms with Crippen LogP contribution in [0, 0.1) is 25.7 Å². The molecule has 0 saturated heterocycles. The summed E-state index contributed by atoms with van der Waals surface area (Å²) in [7, 11) is 0. The summed E-state index contributed by atoms with van der Waals surface area (Å²) in [6, 6.07) is 85.2. The molecule has 18 rings (SSSR count). The van der Waals surface area contributed by atoms with Crippen molar-refractivity contribution in [3.63, 3.8) is 0 Å². The fourth-order valence-corrected chi connectivity index (χ4v) is 17.9. The molecule has 0 amide bonds. The Kier molecular flexibility index (Phi) is 24.4. The first-order valence-corrected chi connectivity index (χ1v) is 43.9. The van der Waals surface area contributed by atoms with Crippen LogP contribution < -0.4 is 19.9 Å². The molecule has 0 unspecified atom stereocenters. The van der Waals surface area contributed by atoms with Crippen LogP contribution in [0.3, 0.4) is 0 Å². The summed E-state index contributed by atoms with van der Waals surface area (Å²) in [5.41, 5.74) is 37.4. The van der Waals surface area contributed by atoms with E-state index in [0.717, 1.165) is 209 Å². The second-order valence-corrected chi connectivity index (χ2v) is 38.2. The van der Waals surface area contributed by atoms with Crippen LogP contribution in [0.2, 0.25) is 0 Å². The van der Waals surface area contributed by atoms with E-state index >= 15 is 0 Å². The summed E-state index contributed by atoms with van der Waals surface area (Å²) < 4.78 is 0. The third-order valence-electron chi connectivity index (χ3n) is 25.0. The molecule has 0 spiro atoms. The molecular weight excluding hydrogens is 1660 g/mol. The molecule has 620 valence electrons. The molecule has 0 N–H and O–H groups in total. The normalized spacial score (nSPS) is 12.5. The van der Waals surface area contributed by atoms with E-state index in [4.69, 9.17) is 39.9 Å². The van der Waals surface area contributed by atoms with Crippen molar-refractivity contribution in [1.82, 2.24) is 39.9 Å². The van der Waals surface area contributed by atoms with Gasteiger partial charge in [-0.25, -0.2) is 19.9 Å². The van der Waals surface area contributed by atoms with Crippen molar-refractivity contribution < 1.29 is 39.0 Å². The van der Waals surface area contributed by atoms with E-state index in [1.165, 1.54) is 38.9 Å². The van der Waals surface area contributed by atoms with E-state index in [0.29, 0.717) is 0 Å². The predicted octanol–water partition coefficient (Wildman–Crippen LogP) is 29.6. The first-order valence-electron chi connectivity index (χ1n) is 43.9. The second kappa shape index (κ2) is 35.3. The average molecular weight is 1760 g/mol. The molecule has 10 heteroatoms. The van der Waals surface area contributed by atoms with Crippen molar-refractivity contribution in [2.75, 3.05) is 0 Å². The SMILES string of the molecule is C=CCC(CC=C)(CC=C)c1ccc(-c2c3nc(c(-c4cc(C(C)(C)C)cc(C(C)(C)C)c4)c4ccc([n-]4)c(-c4ccc(C#Cc5ccc(-c6c7nc(c(-c8ccc(C)cc8)c8ccc([n-]8)c(-c8ccccc8)c8nc(c(-c9ccc(C)cc9)c9ccc6[n-]9)C=C8)C=C7)cc5)cc4)c4nc(c(-c5cc(C(C)(C)C)cc(C(C)(C)C)c5)c5ccc2[n-]5)C=C4)C=C3)cc1.[Zn+2].[Zn+2]. The summed E-state index contributed by atoms with van der Waals surface area (Å²) >= 11 is 0. The van der Waals surface area contributed by atoms with Gasteiger partial charge in [0.05, 0.1) is 45.6 Å². The molecule has 10 heterocycles. The number of allylic oxidation sites excluding steroid dienone is 3. The molecule has 14 aromatic rings. The third-order valence-corrected chi connectivity index (χ3v) is 25.0. The van der Waals surface area contributed by atoms with Crippen LogP contribution in [0.15, 0.2) is 275 Å². The molecule has 0 fully saturated rings. The number of nitrogens with zero attached hydrogens (tertiary/aromatic N) is 8. The Hall–Kier alpha value is -13.0. The van der Waals surface area contributed by atoms with E-state index in [-0.39, 0.29) is 66.0 Å². The molecule has 0 saturated carbocycles. The number of aromatic nitrogens is 8. The third kappa shape index (κ3) is 17.6. The molecule has 4 aliphatic heterocycles. The van der Waals surface area contributed by atoms with E-state index < -0.39 is 0 Å². The van der Waals surface area contributed by atoms with Crippen molar-refractivity contribution in [2.45, 2.75) is 143 Å². The van der Waals surface area contributed by atoms with Gasteiger partial charge in [0, 0.05) is 16.5 Å². The maximum atomic E-state index is 5.82. The van der Waals surface area contributed by atoms with Crippen molar-refractivity contribution >= 4 is 92.7 Å². The van der Waals surface area contributed by atoms with Gasteiger partial charge in [-0.1, -0.05) is 337 Å². The average Bonchev–Trinajstić information content (AvgIpc) is 1.62. The molecule has 0 atom stereocenters. The van der Waals surface area contributed by atoms with Gasteiger partial charge in [-0.05, 0) is 244 Å². The van der Waals surface area contributed by atoms with Crippen molar-refractivity contribution in [2.24, 2.45) is 0 Å². The first kappa shape index (κ1) is 88.4. The molecule has 0 radical (unpaired) electrons. The Morgan fingerprint density at radius 2 is 0.461 bits per heavy atom. The smallest absolute Gasteiger partial charge is 0.657 e. The van der Waals surface area contributed by atoms with Crippen LogP contribution in [-0.2, 0) is 66.0 Å². The molecule has 0 aliphatic carbocycles. The van der Waals surface area contributed by atoms with Gasteiger partial charge in [-0.2, -0.15) is 0 Å². The second-order valence-electron chi connectivity index (χ2n) is 38.2. The van der Waals surface area contributed by atoms with Crippen molar-refractivity contribution in [3.05, 3.63) is 370 Å². The Balaban J connectivity index is 0.00000601. The van der Waals surface area contributed by atoms with Crippen LogP contribution in [0.1, 0.15) is 198 Å². The Morgan fingerprint density at radius 1 is 0.250 bits per heavy atom. The van der Waals surface area contributed by atoms with Gasteiger partial charge in [-0.15, -0.1) is 63.9 Å². The van der Waals surface area contributed by atoms with E-state index in [1.54, 1.807) is 0 Å². The topological polar surface area (TPSA) is 108 Å². The quantitative estimate of drug-likeness (QED) is 0.0567. The molecule has 6 aromatic heterocycles. The fourth-order valence-electron chi connectivity index (χ4n) is 17.9. The number of rotatable bonds is 15. The van der Waals surface area contributed by atoms with Crippen LogP contribution in [-0.4, -0.2) is 19.9 Å². The van der Waals surface area contributed by atoms with Crippen LogP contribution in [0.4, 0.5) is 0 Å². The van der Waals surface area contributed by atoms with Crippen LogP contribution in [0.25, 0.3) is 182 Å². The van der Waals surface area contributed by atoms with Crippen LogP contribution in [0.5, 0.6) is 0 Å². The Bertz CT molecular complexity index is 7090. The molecule has 4 aliphatic rings. The van der Waals surface area contributed by atoms with Gasteiger partial charge < -0.3 is 19.9 Å².